The zero-order valence-corrected chi connectivity index (χ0v) is 10.5. The zero-order valence-electron chi connectivity index (χ0n) is 10.5. The number of aromatic nitrogens is 2. The van der Waals surface area contributed by atoms with Gasteiger partial charge in [0, 0.05) is 6.04 Å². The van der Waals surface area contributed by atoms with Crippen LogP contribution in [0.25, 0.3) is 11.0 Å². The van der Waals surface area contributed by atoms with E-state index in [2.05, 4.69) is 11.1 Å². The molecule has 1 aromatic carbocycles. The number of aliphatic hydroxyl groups is 1. The van der Waals surface area contributed by atoms with Crippen molar-refractivity contribution in [2.75, 3.05) is 0 Å². The monoisotopic (exact) mass is 241 g/mol. The first kappa shape index (κ1) is 11.2. The summed E-state index contributed by atoms with van der Waals surface area (Å²) in [5, 5.41) is 19.1. The molecule has 0 radical (unpaired) electrons. The molecule has 3 rings (SSSR count). The van der Waals surface area contributed by atoms with Crippen LogP contribution >= 0.6 is 0 Å². The predicted molar refractivity (Wildman–Crippen MR) is 68.1 cm³/mol. The van der Waals surface area contributed by atoms with E-state index < -0.39 is 5.60 Å². The topological polar surface area (TPSA) is 61.8 Å². The Balaban J connectivity index is 2.12. The Hall–Kier alpha value is -1.86. The molecule has 1 saturated carbocycles. The molecule has 2 aromatic rings. The summed E-state index contributed by atoms with van der Waals surface area (Å²) >= 11 is 0. The third kappa shape index (κ3) is 1.59. The summed E-state index contributed by atoms with van der Waals surface area (Å²) in [7, 11) is 0. The highest BCUT2D eigenvalue weighted by Gasteiger charge is 2.40. The summed E-state index contributed by atoms with van der Waals surface area (Å²) in [6, 6.07) is 6.36. The number of hydrogen-bond donors (Lipinski definition) is 1. The highest BCUT2D eigenvalue weighted by atomic mass is 16.3. The van der Waals surface area contributed by atoms with Crippen molar-refractivity contribution in [2.45, 2.75) is 38.3 Å². The summed E-state index contributed by atoms with van der Waals surface area (Å²) in [5.74, 6) is 0. The standard InChI is InChI=1S/C14H15N3O/c1-9-3-10(7-15)13-12(4-9)16-8-17(13)11-5-14(2,18)6-11/h3-4,8,11,18H,5-6H2,1-2H3. The molecule has 0 atom stereocenters. The first-order chi connectivity index (χ1) is 8.50. The molecule has 1 fully saturated rings. The van der Waals surface area contributed by atoms with Crippen LogP contribution in [0, 0.1) is 18.3 Å². The second-order valence-electron chi connectivity index (χ2n) is 5.50. The lowest BCUT2D eigenvalue weighted by molar-refractivity contribution is -0.0498. The number of nitriles is 1. The summed E-state index contributed by atoms with van der Waals surface area (Å²) in [5.41, 5.74) is 2.89. The second-order valence-corrected chi connectivity index (χ2v) is 5.50. The molecule has 0 unspecified atom stereocenters. The molecule has 18 heavy (non-hydrogen) atoms. The van der Waals surface area contributed by atoms with E-state index in [4.69, 9.17) is 0 Å². The summed E-state index contributed by atoms with van der Waals surface area (Å²) in [6.45, 7) is 3.81. The van der Waals surface area contributed by atoms with Crippen molar-refractivity contribution in [3.8, 4) is 6.07 Å². The maximum absolute atomic E-state index is 9.83. The lowest BCUT2D eigenvalue weighted by atomic mass is 9.77. The van der Waals surface area contributed by atoms with Gasteiger partial charge in [0.1, 0.15) is 6.07 Å². The van der Waals surface area contributed by atoms with Crippen LogP contribution in [0.15, 0.2) is 18.5 Å². The highest BCUT2D eigenvalue weighted by Crippen LogP contribution is 2.42. The minimum Gasteiger partial charge on any atom is -0.390 e. The van der Waals surface area contributed by atoms with Crippen molar-refractivity contribution < 1.29 is 5.11 Å². The van der Waals surface area contributed by atoms with Gasteiger partial charge >= 0.3 is 0 Å². The van der Waals surface area contributed by atoms with E-state index >= 15 is 0 Å². The second kappa shape index (κ2) is 3.56. The van der Waals surface area contributed by atoms with Gasteiger partial charge in [-0.15, -0.1) is 0 Å². The smallest absolute Gasteiger partial charge is 0.101 e. The first-order valence-corrected chi connectivity index (χ1v) is 6.10. The van der Waals surface area contributed by atoms with E-state index in [0.29, 0.717) is 5.56 Å². The van der Waals surface area contributed by atoms with Crippen molar-refractivity contribution in [1.82, 2.24) is 9.55 Å². The molecule has 1 aromatic heterocycles. The van der Waals surface area contributed by atoms with Crippen LogP contribution in [0.3, 0.4) is 0 Å². The van der Waals surface area contributed by atoms with Crippen LogP contribution in [-0.2, 0) is 0 Å². The van der Waals surface area contributed by atoms with Crippen molar-refractivity contribution in [1.29, 1.82) is 5.26 Å². The number of hydrogen-bond acceptors (Lipinski definition) is 3. The lowest BCUT2D eigenvalue weighted by Gasteiger charge is -2.41. The van der Waals surface area contributed by atoms with Gasteiger partial charge in [-0.05, 0) is 44.4 Å². The molecular formula is C14H15N3O. The summed E-state index contributed by atoms with van der Waals surface area (Å²) in [6.07, 6.45) is 3.22. The van der Waals surface area contributed by atoms with Crippen LogP contribution in [-0.4, -0.2) is 20.3 Å². The molecule has 0 amide bonds. The van der Waals surface area contributed by atoms with Gasteiger partial charge in [0.05, 0.1) is 28.5 Å². The zero-order chi connectivity index (χ0) is 12.9. The molecule has 4 nitrogen and oxygen atoms in total. The fraction of sp³-hybridized carbons (Fsp3) is 0.429. The van der Waals surface area contributed by atoms with Crippen LogP contribution < -0.4 is 0 Å². The third-order valence-electron chi connectivity index (χ3n) is 3.68. The number of imidazole rings is 1. The molecule has 4 heteroatoms. The number of rotatable bonds is 1. The maximum atomic E-state index is 9.83. The maximum Gasteiger partial charge on any atom is 0.101 e. The molecule has 0 aliphatic heterocycles. The van der Waals surface area contributed by atoms with E-state index in [9.17, 15) is 10.4 Å². The Labute approximate surface area is 105 Å². The third-order valence-corrected chi connectivity index (χ3v) is 3.68. The van der Waals surface area contributed by atoms with Crippen molar-refractivity contribution in [3.63, 3.8) is 0 Å². The Morgan fingerprint density at radius 1 is 1.50 bits per heavy atom. The van der Waals surface area contributed by atoms with E-state index in [1.807, 2.05) is 30.5 Å². The van der Waals surface area contributed by atoms with Gasteiger partial charge in [-0.2, -0.15) is 5.26 Å². The van der Waals surface area contributed by atoms with Gasteiger partial charge in [0.15, 0.2) is 0 Å². The van der Waals surface area contributed by atoms with E-state index in [1.165, 1.54) is 0 Å². The molecule has 1 aliphatic rings. The van der Waals surface area contributed by atoms with Crippen LogP contribution in [0.2, 0.25) is 0 Å². The molecule has 0 bridgehead atoms. The fourth-order valence-electron chi connectivity index (χ4n) is 2.83. The van der Waals surface area contributed by atoms with Crippen molar-refractivity contribution in [3.05, 3.63) is 29.6 Å². The van der Waals surface area contributed by atoms with Crippen LogP contribution in [0.4, 0.5) is 0 Å². The molecule has 0 spiro atoms. The van der Waals surface area contributed by atoms with Gasteiger partial charge in [0.25, 0.3) is 0 Å². The van der Waals surface area contributed by atoms with Gasteiger partial charge in [-0.3, -0.25) is 0 Å². The summed E-state index contributed by atoms with van der Waals surface area (Å²) < 4.78 is 2.03. The van der Waals surface area contributed by atoms with Gasteiger partial charge < -0.3 is 9.67 Å². The predicted octanol–water partition coefficient (Wildman–Crippen LogP) is 2.30. The van der Waals surface area contributed by atoms with Crippen LogP contribution in [0.5, 0.6) is 0 Å². The average molecular weight is 241 g/mol. The lowest BCUT2D eigenvalue weighted by Crippen LogP contribution is -2.41. The Morgan fingerprint density at radius 2 is 2.22 bits per heavy atom. The SMILES string of the molecule is Cc1cc(C#N)c2c(c1)ncn2C1CC(C)(O)C1. The van der Waals surface area contributed by atoms with Crippen molar-refractivity contribution in [2.24, 2.45) is 0 Å². The average Bonchev–Trinajstić information content (AvgIpc) is 2.67. The molecule has 1 N–H and O–H groups in total. The van der Waals surface area contributed by atoms with E-state index in [1.54, 1.807) is 6.33 Å². The first-order valence-electron chi connectivity index (χ1n) is 6.10. The van der Waals surface area contributed by atoms with Crippen molar-refractivity contribution >= 4 is 11.0 Å². The largest absolute Gasteiger partial charge is 0.390 e. The Bertz CT molecular complexity index is 655. The van der Waals surface area contributed by atoms with Gasteiger partial charge in [-0.1, -0.05) is 0 Å². The minimum atomic E-state index is -0.571. The number of nitrogens with zero attached hydrogens (tertiary/aromatic N) is 3. The molecule has 1 aliphatic carbocycles. The molecular weight excluding hydrogens is 226 g/mol. The number of aryl methyl sites for hydroxylation is 1. The molecule has 0 saturated heterocycles. The number of benzene rings is 1. The Kier molecular flexibility index (Phi) is 2.23. The normalized spacial score (nSPS) is 26.9. The number of fused-ring (bicyclic) bond motifs is 1. The van der Waals surface area contributed by atoms with Gasteiger partial charge in [-0.25, -0.2) is 4.98 Å². The highest BCUT2D eigenvalue weighted by molar-refractivity contribution is 5.82. The van der Waals surface area contributed by atoms with Crippen LogP contribution in [0.1, 0.15) is 36.9 Å². The quantitative estimate of drug-likeness (QED) is 0.833. The minimum absolute atomic E-state index is 0.250. The molecule has 1 heterocycles. The summed E-state index contributed by atoms with van der Waals surface area (Å²) in [4.78, 5) is 4.37. The fourth-order valence-corrected chi connectivity index (χ4v) is 2.83. The van der Waals surface area contributed by atoms with E-state index in [-0.39, 0.29) is 6.04 Å². The van der Waals surface area contributed by atoms with Gasteiger partial charge in [0.2, 0.25) is 0 Å². The molecule has 92 valence electrons. The van der Waals surface area contributed by atoms with E-state index in [0.717, 1.165) is 29.4 Å². The Morgan fingerprint density at radius 3 is 2.83 bits per heavy atom.